The highest BCUT2D eigenvalue weighted by Crippen LogP contribution is 2.44. The molecule has 31 heavy (non-hydrogen) atoms. The topological polar surface area (TPSA) is 80.8 Å². The van der Waals surface area contributed by atoms with E-state index in [4.69, 9.17) is 25.8 Å². The van der Waals surface area contributed by atoms with Crippen LogP contribution >= 0.6 is 11.6 Å². The minimum atomic E-state index is -0.343. The second-order valence-corrected chi connectivity index (χ2v) is 7.38. The van der Waals surface area contributed by atoms with Crippen molar-refractivity contribution in [3.8, 4) is 11.5 Å². The van der Waals surface area contributed by atoms with E-state index in [1.807, 2.05) is 6.07 Å². The number of nitrogens with one attached hydrogen (secondary N) is 2. The fourth-order valence-corrected chi connectivity index (χ4v) is 3.66. The van der Waals surface area contributed by atoms with Crippen molar-refractivity contribution in [2.24, 2.45) is 0 Å². The van der Waals surface area contributed by atoms with Gasteiger partial charge in [0.05, 0.1) is 18.2 Å². The van der Waals surface area contributed by atoms with Gasteiger partial charge in [0.1, 0.15) is 17.3 Å². The average molecular weight is 444 g/mol. The summed E-state index contributed by atoms with van der Waals surface area (Å²) in [5.74, 6) is 1.60. The van der Waals surface area contributed by atoms with Crippen LogP contribution in [0.25, 0.3) is 0 Å². The first-order valence-electron chi connectivity index (χ1n) is 9.74. The molecular formula is C21H19ClFN5O3. The van der Waals surface area contributed by atoms with Gasteiger partial charge in [-0.2, -0.15) is 4.98 Å². The number of hydrogen-bond acceptors (Lipinski definition) is 8. The van der Waals surface area contributed by atoms with Crippen LogP contribution in [0.3, 0.4) is 0 Å². The fourth-order valence-electron chi connectivity index (χ4n) is 3.46. The predicted octanol–water partition coefficient (Wildman–Crippen LogP) is 4.32. The highest BCUT2D eigenvalue weighted by atomic mass is 35.5. The van der Waals surface area contributed by atoms with Crippen LogP contribution in [0.5, 0.6) is 11.5 Å². The number of morpholine rings is 1. The molecule has 2 N–H and O–H groups in total. The zero-order valence-corrected chi connectivity index (χ0v) is 17.2. The van der Waals surface area contributed by atoms with Gasteiger partial charge in [0.15, 0.2) is 11.5 Å². The van der Waals surface area contributed by atoms with Crippen LogP contribution in [0.1, 0.15) is 0 Å². The smallest absolute Gasteiger partial charge is 0.231 e. The minimum Gasteiger partial charge on any atom is -0.454 e. The van der Waals surface area contributed by atoms with E-state index in [0.29, 0.717) is 66.0 Å². The molecule has 1 saturated heterocycles. The van der Waals surface area contributed by atoms with Crippen LogP contribution in [-0.2, 0) is 4.74 Å². The molecule has 3 aromatic rings. The highest BCUT2D eigenvalue weighted by molar-refractivity contribution is 6.33. The standard InChI is InChI=1S/C21H19ClFN5O3/c22-16-1-2-17-20(31-12-30-17)19(16)26-18-3-4-24-21(27-18)25-14-9-13(23)10-15(11-14)28-5-7-29-8-6-28/h1-4,9-11H,5-8,12H2,(H2,24,25,26,27). The van der Waals surface area contributed by atoms with Crippen molar-refractivity contribution >= 4 is 40.4 Å². The number of rotatable bonds is 5. The normalized spacial score (nSPS) is 15.1. The lowest BCUT2D eigenvalue weighted by Crippen LogP contribution is -2.36. The van der Waals surface area contributed by atoms with E-state index >= 15 is 0 Å². The Hall–Kier alpha value is -3.30. The summed E-state index contributed by atoms with van der Waals surface area (Å²) in [5, 5.41) is 6.69. The average Bonchev–Trinajstić information content (AvgIpc) is 3.25. The van der Waals surface area contributed by atoms with Crippen LogP contribution in [-0.4, -0.2) is 43.1 Å². The number of hydrogen-bond donors (Lipinski definition) is 2. The number of ether oxygens (including phenoxy) is 3. The van der Waals surface area contributed by atoms with Crippen LogP contribution in [0.2, 0.25) is 5.02 Å². The Morgan fingerprint density at radius 2 is 1.90 bits per heavy atom. The molecule has 0 unspecified atom stereocenters. The molecular weight excluding hydrogens is 425 g/mol. The van der Waals surface area contributed by atoms with Crippen molar-refractivity contribution in [3.05, 3.63) is 53.4 Å². The van der Waals surface area contributed by atoms with Crippen LogP contribution in [0.4, 0.5) is 33.2 Å². The third-order valence-electron chi connectivity index (χ3n) is 4.91. The molecule has 2 aliphatic rings. The molecule has 8 nitrogen and oxygen atoms in total. The van der Waals surface area contributed by atoms with Gasteiger partial charge in [-0.05, 0) is 36.4 Å². The molecule has 2 aliphatic heterocycles. The number of aromatic nitrogens is 2. The molecule has 1 fully saturated rings. The molecule has 0 spiro atoms. The molecule has 0 amide bonds. The lowest BCUT2D eigenvalue weighted by Gasteiger charge is -2.29. The summed E-state index contributed by atoms with van der Waals surface area (Å²) in [7, 11) is 0. The van der Waals surface area contributed by atoms with E-state index in [1.54, 1.807) is 24.4 Å². The van der Waals surface area contributed by atoms with Gasteiger partial charge in [0.25, 0.3) is 0 Å². The molecule has 5 rings (SSSR count). The maximum absolute atomic E-state index is 14.2. The number of nitrogens with zero attached hydrogens (tertiary/aromatic N) is 3. The van der Waals surface area contributed by atoms with E-state index in [0.717, 1.165) is 5.69 Å². The maximum atomic E-state index is 14.2. The van der Waals surface area contributed by atoms with Gasteiger partial charge in [-0.25, -0.2) is 9.37 Å². The van der Waals surface area contributed by atoms with Gasteiger partial charge in [0.2, 0.25) is 12.7 Å². The highest BCUT2D eigenvalue weighted by Gasteiger charge is 2.21. The summed E-state index contributed by atoms with van der Waals surface area (Å²) in [4.78, 5) is 10.8. The molecule has 1 aromatic heterocycles. The third kappa shape index (κ3) is 4.28. The second kappa shape index (κ2) is 8.44. The first-order valence-corrected chi connectivity index (χ1v) is 10.1. The van der Waals surface area contributed by atoms with E-state index < -0.39 is 0 Å². The first-order chi connectivity index (χ1) is 15.2. The van der Waals surface area contributed by atoms with Gasteiger partial charge in [-0.15, -0.1) is 0 Å². The van der Waals surface area contributed by atoms with E-state index in [9.17, 15) is 4.39 Å². The zero-order valence-electron chi connectivity index (χ0n) is 16.4. The quantitative estimate of drug-likeness (QED) is 0.603. The van der Waals surface area contributed by atoms with Gasteiger partial charge < -0.3 is 29.7 Å². The molecule has 10 heteroatoms. The van der Waals surface area contributed by atoms with Crippen molar-refractivity contribution in [2.75, 3.05) is 48.6 Å². The lowest BCUT2D eigenvalue weighted by molar-refractivity contribution is 0.122. The summed E-state index contributed by atoms with van der Waals surface area (Å²) >= 11 is 6.32. The second-order valence-electron chi connectivity index (χ2n) is 6.97. The fraction of sp³-hybridized carbons (Fsp3) is 0.238. The van der Waals surface area contributed by atoms with E-state index in [1.165, 1.54) is 12.1 Å². The number of fused-ring (bicyclic) bond motifs is 1. The number of halogens is 2. The molecule has 0 bridgehead atoms. The Morgan fingerprint density at radius 1 is 1.03 bits per heavy atom. The van der Waals surface area contributed by atoms with E-state index in [-0.39, 0.29) is 12.6 Å². The predicted molar refractivity (Wildman–Crippen MR) is 116 cm³/mol. The summed E-state index contributed by atoms with van der Waals surface area (Å²) in [6.45, 7) is 2.80. The molecule has 160 valence electrons. The molecule has 3 heterocycles. The van der Waals surface area contributed by atoms with Crippen molar-refractivity contribution in [2.45, 2.75) is 0 Å². The molecule has 0 aliphatic carbocycles. The Bertz CT molecular complexity index is 1110. The first kappa shape index (κ1) is 19.7. The van der Waals surface area contributed by atoms with Crippen LogP contribution in [0.15, 0.2) is 42.6 Å². The van der Waals surface area contributed by atoms with Gasteiger partial charge in [-0.3, -0.25) is 0 Å². The van der Waals surface area contributed by atoms with Crippen molar-refractivity contribution < 1.29 is 18.6 Å². The molecule has 0 radical (unpaired) electrons. The van der Waals surface area contributed by atoms with Crippen molar-refractivity contribution in [1.82, 2.24) is 9.97 Å². The van der Waals surface area contributed by atoms with Crippen LogP contribution < -0.4 is 25.0 Å². The Kier molecular flexibility index (Phi) is 5.35. The molecule has 0 saturated carbocycles. The Balaban J connectivity index is 1.37. The Morgan fingerprint density at radius 3 is 2.77 bits per heavy atom. The van der Waals surface area contributed by atoms with Crippen molar-refractivity contribution in [3.63, 3.8) is 0 Å². The van der Waals surface area contributed by atoms with Gasteiger partial charge in [0, 0.05) is 30.7 Å². The monoisotopic (exact) mass is 443 g/mol. The van der Waals surface area contributed by atoms with Gasteiger partial charge >= 0.3 is 0 Å². The SMILES string of the molecule is Fc1cc(Nc2nccc(Nc3c(Cl)ccc4c3OCO4)n2)cc(N2CCOCC2)c1. The van der Waals surface area contributed by atoms with Gasteiger partial charge in [-0.1, -0.05) is 11.6 Å². The van der Waals surface area contributed by atoms with Crippen molar-refractivity contribution in [1.29, 1.82) is 0 Å². The molecule has 0 atom stereocenters. The summed E-state index contributed by atoms with van der Waals surface area (Å²) in [5.41, 5.74) is 1.89. The molecule has 2 aromatic carbocycles. The minimum absolute atomic E-state index is 0.131. The van der Waals surface area contributed by atoms with E-state index in [2.05, 4.69) is 25.5 Å². The Labute approximate surface area is 182 Å². The summed E-state index contributed by atoms with van der Waals surface area (Å²) in [6.07, 6.45) is 1.59. The third-order valence-corrected chi connectivity index (χ3v) is 5.23. The lowest BCUT2D eigenvalue weighted by atomic mass is 10.2. The maximum Gasteiger partial charge on any atom is 0.231 e. The number of anilines is 5. The summed E-state index contributed by atoms with van der Waals surface area (Å²) in [6, 6.07) is 9.94. The summed E-state index contributed by atoms with van der Waals surface area (Å²) < 4.78 is 30.5. The largest absolute Gasteiger partial charge is 0.454 e. The van der Waals surface area contributed by atoms with Crippen LogP contribution in [0, 0.1) is 5.82 Å². The zero-order chi connectivity index (χ0) is 21.2. The number of benzene rings is 2.